The van der Waals surface area contributed by atoms with Gasteiger partial charge < -0.3 is 19.9 Å². The maximum atomic E-state index is 15.5. The normalized spacial score (nSPS) is 20.2. The number of aromatic nitrogens is 3. The summed E-state index contributed by atoms with van der Waals surface area (Å²) < 4.78 is 21.5. The Kier molecular flexibility index (Phi) is 5.28. The van der Waals surface area contributed by atoms with Gasteiger partial charge in [-0.25, -0.2) is 14.4 Å². The molecule has 1 saturated heterocycles. The molecule has 0 radical (unpaired) electrons. The molecule has 3 fully saturated rings. The van der Waals surface area contributed by atoms with Crippen LogP contribution in [0, 0.1) is 31.0 Å². The number of halogens is 1. The number of hydrogen-bond donors (Lipinski definition) is 2. The first-order chi connectivity index (χ1) is 17.3. The molecule has 2 amide bonds. The maximum Gasteiger partial charge on any atom is 0.255 e. The average Bonchev–Trinajstić information content (AvgIpc) is 3.75. The lowest BCUT2D eigenvalue weighted by molar-refractivity contribution is -0.128. The SMILES string of the molecule is CC(=O)N1CC(NC(=O)c2c(C)[nH]c3c(-c4c(OCC5CC5)ccc(C)c4F)ncnc23)C2(CC2)C1. The number of carbonyl (C=O) groups excluding carboxylic acids is 2. The summed E-state index contributed by atoms with van der Waals surface area (Å²) in [4.78, 5) is 39.3. The van der Waals surface area contributed by atoms with Crippen molar-refractivity contribution in [1.29, 1.82) is 0 Å². The van der Waals surface area contributed by atoms with E-state index in [1.807, 2.05) is 4.90 Å². The van der Waals surface area contributed by atoms with Crippen LogP contribution >= 0.6 is 0 Å². The highest BCUT2D eigenvalue weighted by Gasteiger charge is 2.56. The molecule has 3 heterocycles. The van der Waals surface area contributed by atoms with Crippen molar-refractivity contribution >= 4 is 22.8 Å². The summed E-state index contributed by atoms with van der Waals surface area (Å²) in [5.74, 6) is 0.334. The summed E-state index contributed by atoms with van der Waals surface area (Å²) in [6, 6.07) is 3.39. The zero-order chi connectivity index (χ0) is 25.2. The number of amides is 2. The molecule has 3 aromatic rings. The van der Waals surface area contributed by atoms with Gasteiger partial charge in [0.05, 0.1) is 29.3 Å². The lowest BCUT2D eigenvalue weighted by Gasteiger charge is -2.18. The van der Waals surface area contributed by atoms with Crippen LogP contribution in [-0.2, 0) is 4.79 Å². The number of H-pyrrole nitrogens is 1. The quantitative estimate of drug-likeness (QED) is 0.545. The molecular weight excluding hydrogens is 461 g/mol. The molecular formula is C27H30FN5O3. The van der Waals surface area contributed by atoms with Gasteiger partial charge in [-0.2, -0.15) is 0 Å². The fourth-order valence-corrected chi connectivity index (χ4v) is 5.39. The van der Waals surface area contributed by atoms with Crippen LogP contribution in [0.1, 0.15) is 54.2 Å². The molecule has 188 valence electrons. The van der Waals surface area contributed by atoms with E-state index < -0.39 is 5.82 Å². The molecule has 2 saturated carbocycles. The van der Waals surface area contributed by atoms with E-state index in [-0.39, 0.29) is 28.8 Å². The van der Waals surface area contributed by atoms with Gasteiger partial charge in [0, 0.05) is 31.1 Å². The van der Waals surface area contributed by atoms with Crippen molar-refractivity contribution in [3.8, 4) is 17.0 Å². The number of aryl methyl sites for hydroxylation is 2. The van der Waals surface area contributed by atoms with Crippen molar-refractivity contribution in [2.24, 2.45) is 11.3 Å². The molecule has 0 bridgehead atoms. The molecule has 2 N–H and O–H groups in total. The van der Waals surface area contributed by atoms with Crippen molar-refractivity contribution < 1.29 is 18.7 Å². The minimum absolute atomic E-state index is 0.0265. The van der Waals surface area contributed by atoms with Gasteiger partial charge in [-0.1, -0.05) is 6.07 Å². The summed E-state index contributed by atoms with van der Waals surface area (Å²) in [5.41, 5.74) is 3.10. The van der Waals surface area contributed by atoms with Crippen LogP contribution in [0.15, 0.2) is 18.5 Å². The third-order valence-corrected chi connectivity index (χ3v) is 7.99. The zero-order valence-corrected chi connectivity index (χ0v) is 20.8. The third-order valence-electron chi connectivity index (χ3n) is 7.99. The van der Waals surface area contributed by atoms with Crippen LogP contribution in [0.3, 0.4) is 0 Å². The van der Waals surface area contributed by atoms with Gasteiger partial charge in [-0.15, -0.1) is 0 Å². The number of ether oxygens (including phenoxy) is 1. The van der Waals surface area contributed by atoms with Crippen molar-refractivity contribution in [1.82, 2.24) is 25.2 Å². The second-order valence-corrected chi connectivity index (χ2v) is 10.7. The van der Waals surface area contributed by atoms with E-state index in [9.17, 15) is 9.59 Å². The lowest BCUT2D eigenvalue weighted by Crippen LogP contribution is -2.41. The van der Waals surface area contributed by atoms with Gasteiger partial charge >= 0.3 is 0 Å². The third kappa shape index (κ3) is 3.81. The second-order valence-electron chi connectivity index (χ2n) is 10.7. The highest BCUT2D eigenvalue weighted by molar-refractivity contribution is 6.09. The van der Waals surface area contributed by atoms with Crippen molar-refractivity contribution in [2.75, 3.05) is 19.7 Å². The van der Waals surface area contributed by atoms with Crippen LogP contribution in [0.2, 0.25) is 0 Å². The van der Waals surface area contributed by atoms with Crippen LogP contribution < -0.4 is 10.1 Å². The van der Waals surface area contributed by atoms with E-state index in [2.05, 4.69) is 20.3 Å². The Bertz CT molecular complexity index is 1390. The number of benzene rings is 1. The number of hydrogen-bond acceptors (Lipinski definition) is 5. The summed E-state index contributed by atoms with van der Waals surface area (Å²) in [6.45, 7) is 6.82. The molecule has 3 aliphatic rings. The van der Waals surface area contributed by atoms with E-state index in [4.69, 9.17) is 4.74 Å². The summed E-state index contributed by atoms with van der Waals surface area (Å²) in [7, 11) is 0. The largest absolute Gasteiger partial charge is 0.492 e. The fraction of sp³-hybridized carbons (Fsp3) is 0.481. The standard InChI is InChI=1S/C27H30FN5O3/c1-14-4-7-18(36-11-17-5-6-17)21(22(14)28)24-25-23(29-13-30-24)20(15(2)31-25)26(35)32-19-10-33(16(3)34)12-27(19)8-9-27/h4,7,13,17,19,31H,5-6,8-12H2,1-3H3,(H,32,35). The Morgan fingerprint density at radius 3 is 2.72 bits per heavy atom. The molecule has 1 spiro atoms. The first-order valence-corrected chi connectivity index (χ1v) is 12.6. The predicted octanol–water partition coefficient (Wildman–Crippen LogP) is 3.91. The van der Waals surface area contributed by atoms with Gasteiger partial charge in [-0.3, -0.25) is 9.59 Å². The Morgan fingerprint density at radius 1 is 1.25 bits per heavy atom. The molecule has 9 heteroatoms. The molecule has 2 aromatic heterocycles. The minimum Gasteiger partial charge on any atom is -0.492 e. The van der Waals surface area contributed by atoms with Crippen molar-refractivity contribution in [3.63, 3.8) is 0 Å². The Balaban J connectivity index is 1.36. The highest BCUT2D eigenvalue weighted by atomic mass is 19.1. The maximum absolute atomic E-state index is 15.5. The van der Waals surface area contributed by atoms with E-state index in [0.29, 0.717) is 64.9 Å². The fourth-order valence-electron chi connectivity index (χ4n) is 5.39. The summed E-state index contributed by atoms with van der Waals surface area (Å²) in [6.07, 6.45) is 5.61. The summed E-state index contributed by atoms with van der Waals surface area (Å²) in [5, 5.41) is 3.17. The molecule has 6 rings (SSSR count). The van der Waals surface area contributed by atoms with E-state index >= 15 is 4.39 Å². The minimum atomic E-state index is -0.396. The predicted molar refractivity (Wildman–Crippen MR) is 132 cm³/mol. The molecule has 1 aliphatic heterocycles. The molecule has 1 unspecified atom stereocenters. The van der Waals surface area contributed by atoms with Crippen molar-refractivity contribution in [3.05, 3.63) is 41.1 Å². The van der Waals surface area contributed by atoms with Crippen molar-refractivity contribution in [2.45, 2.75) is 52.5 Å². The first kappa shape index (κ1) is 22.9. The zero-order valence-electron chi connectivity index (χ0n) is 20.8. The molecule has 1 atom stereocenters. The molecule has 36 heavy (non-hydrogen) atoms. The second kappa shape index (κ2) is 8.28. The van der Waals surface area contributed by atoms with E-state index in [1.54, 1.807) is 32.9 Å². The number of nitrogens with zero attached hydrogens (tertiary/aromatic N) is 3. The number of aromatic amines is 1. The summed E-state index contributed by atoms with van der Waals surface area (Å²) >= 11 is 0. The topological polar surface area (TPSA) is 100 Å². The number of likely N-dealkylation sites (tertiary alicyclic amines) is 1. The van der Waals surface area contributed by atoms with Crippen LogP contribution in [0.4, 0.5) is 4.39 Å². The smallest absolute Gasteiger partial charge is 0.255 e. The van der Waals surface area contributed by atoms with Gasteiger partial charge in [-0.05, 0) is 57.1 Å². The highest BCUT2D eigenvalue weighted by Crippen LogP contribution is 2.53. The number of carbonyl (C=O) groups is 2. The van der Waals surface area contributed by atoms with Crippen LogP contribution in [0.5, 0.6) is 5.75 Å². The molecule has 2 aliphatic carbocycles. The van der Waals surface area contributed by atoms with Gasteiger partial charge in [0.1, 0.15) is 29.1 Å². The Labute approximate surface area is 208 Å². The van der Waals surface area contributed by atoms with Crippen LogP contribution in [0.25, 0.3) is 22.3 Å². The average molecular weight is 492 g/mol. The molecule has 8 nitrogen and oxygen atoms in total. The first-order valence-electron chi connectivity index (χ1n) is 12.6. The lowest BCUT2D eigenvalue weighted by atomic mass is 10.00. The number of fused-ring (bicyclic) bond motifs is 1. The van der Waals surface area contributed by atoms with Gasteiger partial charge in [0.15, 0.2) is 0 Å². The van der Waals surface area contributed by atoms with Gasteiger partial charge in [0.2, 0.25) is 5.91 Å². The van der Waals surface area contributed by atoms with E-state index in [1.165, 1.54) is 6.33 Å². The molecule has 1 aromatic carbocycles. The van der Waals surface area contributed by atoms with Gasteiger partial charge in [0.25, 0.3) is 5.91 Å². The van der Waals surface area contributed by atoms with E-state index in [0.717, 1.165) is 25.7 Å². The Morgan fingerprint density at radius 2 is 2.03 bits per heavy atom. The Hall–Kier alpha value is -3.49. The van der Waals surface area contributed by atoms with Crippen LogP contribution in [-0.4, -0.2) is 57.4 Å². The number of nitrogens with one attached hydrogen (secondary N) is 2. The number of rotatable bonds is 6. The monoisotopic (exact) mass is 491 g/mol.